The van der Waals surface area contributed by atoms with Crippen LogP contribution in [0.25, 0.3) is 0 Å². The van der Waals surface area contributed by atoms with Crippen LogP contribution in [-0.2, 0) is 20.8 Å². The van der Waals surface area contributed by atoms with E-state index in [9.17, 15) is 24.6 Å². The highest BCUT2D eigenvalue weighted by Gasteiger charge is 2.35. The quantitative estimate of drug-likeness (QED) is 0.578. The van der Waals surface area contributed by atoms with Crippen molar-refractivity contribution in [3.8, 4) is 5.75 Å². The Hall–Kier alpha value is -2.63. The number of nitrogens with one attached hydrogen (secondary N) is 1. The lowest BCUT2D eigenvalue weighted by atomic mass is 9.89. The zero-order valence-corrected chi connectivity index (χ0v) is 15.6. The zero-order chi connectivity index (χ0) is 19.8. The Bertz CT molecular complexity index is 695. The highest BCUT2D eigenvalue weighted by Crippen LogP contribution is 2.34. The van der Waals surface area contributed by atoms with Crippen molar-refractivity contribution < 1.29 is 24.6 Å². The smallest absolute Gasteiger partial charge is 0.326 e. The summed E-state index contributed by atoms with van der Waals surface area (Å²) < 4.78 is 0. The third kappa shape index (κ3) is 6.24. The van der Waals surface area contributed by atoms with Crippen LogP contribution >= 0.6 is 0 Å². The number of aliphatic carboxylic acids is 1. The van der Waals surface area contributed by atoms with Gasteiger partial charge in [0.2, 0.25) is 5.91 Å². The Kier molecular flexibility index (Phi) is 7.58. The molecule has 0 aromatic heterocycles. The summed E-state index contributed by atoms with van der Waals surface area (Å²) >= 11 is 0. The fraction of sp³-hybridized carbons (Fsp3) is 0.476. The molecule has 1 fully saturated rings. The molecule has 6 heteroatoms. The number of allylic oxidation sites excluding steroid dienone is 2. The number of rotatable bonds is 9. The normalized spacial score (nSPS) is 20.7. The molecule has 0 unspecified atom stereocenters. The average Bonchev–Trinajstić information content (AvgIpc) is 2.96. The number of aromatic hydroxyl groups is 1. The van der Waals surface area contributed by atoms with Crippen molar-refractivity contribution in [1.82, 2.24) is 5.32 Å². The summed E-state index contributed by atoms with van der Waals surface area (Å²) in [6, 6.07) is 5.17. The molecule has 1 amide bonds. The molecular formula is C21H27NO5. The topological polar surface area (TPSA) is 104 Å². The summed E-state index contributed by atoms with van der Waals surface area (Å²) in [5.74, 6) is -1.36. The third-order valence-corrected chi connectivity index (χ3v) is 4.99. The molecule has 1 aromatic carbocycles. The van der Waals surface area contributed by atoms with Crippen LogP contribution < -0.4 is 5.32 Å². The number of phenols is 1. The molecule has 0 aliphatic heterocycles. The predicted octanol–water partition coefficient (Wildman–Crippen LogP) is 2.85. The molecule has 0 bridgehead atoms. The van der Waals surface area contributed by atoms with Gasteiger partial charge in [-0.1, -0.05) is 31.2 Å². The molecule has 1 aliphatic carbocycles. The summed E-state index contributed by atoms with van der Waals surface area (Å²) in [7, 11) is 0. The number of carboxylic acids is 1. The van der Waals surface area contributed by atoms with Crippen LogP contribution in [0.4, 0.5) is 0 Å². The monoisotopic (exact) mass is 373 g/mol. The fourth-order valence-electron chi connectivity index (χ4n) is 3.51. The van der Waals surface area contributed by atoms with E-state index in [0.717, 1.165) is 6.42 Å². The highest BCUT2D eigenvalue weighted by atomic mass is 16.4. The fourth-order valence-corrected chi connectivity index (χ4v) is 3.51. The van der Waals surface area contributed by atoms with Gasteiger partial charge in [-0.25, -0.2) is 4.79 Å². The summed E-state index contributed by atoms with van der Waals surface area (Å²) in [5, 5.41) is 21.3. The lowest BCUT2D eigenvalue weighted by Gasteiger charge is -2.19. The number of hydrogen-bond donors (Lipinski definition) is 3. The number of phenolic OH excluding ortho intramolecular Hbond substituents is 1. The van der Waals surface area contributed by atoms with Gasteiger partial charge < -0.3 is 15.5 Å². The first kappa shape index (κ1) is 20.7. The van der Waals surface area contributed by atoms with Crippen molar-refractivity contribution in [1.29, 1.82) is 0 Å². The van der Waals surface area contributed by atoms with E-state index in [4.69, 9.17) is 0 Å². The molecule has 0 saturated heterocycles. The molecule has 146 valence electrons. The van der Waals surface area contributed by atoms with Crippen molar-refractivity contribution in [3.05, 3.63) is 42.0 Å². The van der Waals surface area contributed by atoms with E-state index < -0.39 is 12.0 Å². The molecule has 3 atom stereocenters. The van der Waals surface area contributed by atoms with Crippen molar-refractivity contribution in [2.75, 3.05) is 0 Å². The molecule has 0 heterocycles. The van der Waals surface area contributed by atoms with Crippen LogP contribution in [-0.4, -0.2) is 33.9 Å². The van der Waals surface area contributed by atoms with Gasteiger partial charge in [0.05, 0.1) is 0 Å². The standard InChI is InChI=1S/C21H27NO5/c1-2-3-4-5-17-15(8-11-19(17)24)13-20(25)22-18(21(26)27)12-14-6-9-16(23)10-7-14/h3-4,6-7,9-10,15,17-18,23H,2,5,8,11-13H2,1H3,(H,22,25)(H,26,27)/t15-,17-,18+/m1/s1. The highest BCUT2D eigenvalue weighted by molar-refractivity contribution is 5.87. The second-order valence-electron chi connectivity index (χ2n) is 7.02. The Morgan fingerprint density at radius 2 is 1.96 bits per heavy atom. The lowest BCUT2D eigenvalue weighted by Crippen LogP contribution is -2.43. The summed E-state index contributed by atoms with van der Waals surface area (Å²) in [4.78, 5) is 36.0. The molecule has 6 nitrogen and oxygen atoms in total. The maximum Gasteiger partial charge on any atom is 0.326 e. The molecule has 1 saturated carbocycles. The summed E-state index contributed by atoms with van der Waals surface area (Å²) in [5.41, 5.74) is 0.708. The number of Topliss-reactive ketones (excluding diaryl/α,β-unsaturated/α-hetero) is 1. The molecule has 27 heavy (non-hydrogen) atoms. The van der Waals surface area contributed by atoms with Crippen LogP contribution in [0.1, 0.15) is 44.6 Å². The van der Waals surface area contributed by atoms with Gasteiger partial charge in [0.25, 0.3) is 0 Å². The van der Waals surface area contributed by atoms with Crippen molar-refractivity contribution in [3.63, 3.8) is 0 Å². The van der Waals surface area contributed by atoms with E-state index in [1.807, 2.05) is 19.1 Å². The van der Waals surface area contributed by atoms with Crippen molar-refractivity contribution in [2.45, 2.75) is 51.5 Å². The number of carboxylic acid groups (broad SMARTS) is 1. The molecule has 1 aromatic rings. The third-order valence-electron chi connectivity index (χ3n) is 4.99. The first-order valence-electron chi connectivity index (χ1n) is 9.38. The van der Waals surface area contributed by atoms with Gasteiger partial charge >= 0.3 is 5.97 Å². The molecule has 0 radical (unpaired) electrons. The molecule has 1 aliphatic rings. The van der Waals surface area contributed by atoms with Gasteiger partial charge in [-0.15, -0.1) is 0 Å². The lowest BCUT2D eigenvalue weighted by molar-refractivity contribution is -0.142. The molecule has 0 spiro atoms. The number of carbonyl (C=O) groups is 3. The summed E-state index contributed by atoms with van der Waals surface area (Å²) in [6.07, 6.45) is 7.00. The van der Waals surface area contributed by atoms with E-state index in [2.05, 4.69) is 5.32 Å². The molecule has 2 rings (SSSR count). The van der Waals surface area contributed by atoms with Crippen LogP contribution in [0.5, 0.6) is 5.75 Å². The minimum Gasteiger partial charge on any atom is -0.508 e. The molecule has 3 N–H and O–H groups in total. The Labute approximate surface area is 159 Å². The second kappa shape index (κ2) is 9.90. The van der Waals surface area contributed by atoms with Gasteiger partial charge in [-0.05, 0) is 42.9 Å². The van der Waals surface area contributed by atoms with Crippen molar-refractivity contribution >= 4 is 17.7 Å². The average molecular weight is 373 g/mol. The van der Waals surface area contributed by atoms with Gasteiger partial charge in [-0.2, -0.15) is 0 Å². The van der Waals surface area contributed by atoms with Gasteiger partial charge in [0, 0.05) is 25.2 Å². The van der Waals surface area contributed by atoms with Crippen LogP contribution in [0.3, 0.4) is 0 Å². The van der Waals surface area contributed by atoms with Crippen LogP contribution in [0.15, 0.2) is 36.4 Å². The van der Waals surface area contributed by atoms with Gasteiger partial charge in [0.1, 0.15) is 17.6 Å². The van der Waals surface area contributed by atoms with E-state index >= 15 is 0 Å². The Morgan fingerprint density at radius 3 is 2.59 bits per heavy atom. The SMILES string of the molecule is CCC=CC[C@H]1C(=O)CC[C@@H]1CC(=O)N[C@@H](Cc1ccc(O)cc1)C(=O)O. The number of benzene rings is 1. The molecular weight excluding hydrogens is 346 g/mol. The minimum atomic E-state index is -1.11. The zero-order valence-electron chi connectivity index (χ0n) is 15.6. The number of amides is 1. The maximum atomic E-state index is 12.4. The first-order valence-corrected chi connectivity index (χ1v) is 9.38. The first-order chi connectivity index (χ1) is 12.9. The van der Waals surface area contributed by atoms with E-state index in [1.54, 1.807) is 12.1 Å². The Balaban J connectivity index is 1.94. The Morgan fingerprint density at radius 1 is 1.26 bits per heavy atom. The van der Waals surface area contributed by atoms with E-state index in [-0.39, 0.29) is 42.1 Å². The second-order valence-corrected chi connectivity index (χ2v) is 7.02. The van der Waals surface area contributed by atoms with Crippen LogP contribution in [0, 0.1) is 11.8 Å². The van der Waals surface area contributed by atoms with Gasteiger partial charge in [0.15, 0.2) is 0 Å². The number of ketones is 1. The van der Waals surface area contributed by atoms with Gasteiger partial charge in [-0.3, -0.25) is 9.59 Å². The minimum absolute atomic E-state index is 0.0397. The van der Waals surface area contributed by atoms with E-state index in [1.165, 1.54) is 12.1 Å². The predicted molar refractivity (Wildman–Crippen MR) is 101 cm³/mol. The van der Waals surface area contributed by atoms with E-state index in [0.29, 0.717) is 24.8 Å². The largest absolute Gasteiger partial charge is 0.508 e. The number of carbonyl (C=O) groups excluding carboxylic acids is 2. The van der Waals surface area contributed by atoms with Crippen molar-refractivity contribution in [2.24, 2.45) is 11.8 Å². The number of hydrogen-bond acceptors (Lipinski definition) is 4. The maximum absolute atomic E-state index is 12.4. The van der Waals surface area contributed by atoms with Crippen LogP contribution in [0.2, 0.25) is 0 Å². The summed E-state index contributed by atoms with van der Waals surface area (Å²) in [6.45, 7) is 2.03.